The number of nitrogen functional groups attached to an aromatic ring is 1. The SMILES string of the molecule is CCC(C)NC(=O)c1c(N)n(N=Cc2ccc(Cl)cc2)c2nc3ccccc3nc12. The number of hydrogen-bond donors (Lipinski definition) is 2. The lowest BCUT2D eigenvalue weighted by Gasteiger charge is -2.11. The Morgan fingerprint density at radius 1 is 1.20 bits per heavy atom. The zero-order chi connectivity index (χ0) is 21.3. The zero-order valence-corrected chi connectivity index (χ0v) is 17.4. The minimum Gasteiger partial charge on any atom is -0.383 e. The standard InChI is InChI=1S/C22H21ClN6O/c1-3-13(2)26-22(30)18-19-21(28-17-7-5-4-6-16(17)27-19)29(20(18)24)25-12-14-8-10-15(23)11-9-14/h4-13H,3,24H2,1-2H3,(H,26,30). The van der Waals surface area contributed by atoms with Crippen molar-refractivity contribution in [2.24, 2.45) is 5.10 Å². The summed E-state index contributed by atoms with van der Waals surface area (Å²) in [5.74, 6) is -0.108. The highest BCUT2D eigenvalue weighted by atomic mass is 35.5. The third kappa shape index (κ3) is 3.71. The molecule has 2 heterocycles. The van der Waals surface area contributed by atoms with E-state index in [9.17, 15) is 4.79 Å². The highest BCUT2D eigenvalue weighted by Gasteiger charge is 2.24. The highest BCUT2D eigenvalue weighted by Crippen LogP contribution is 2.28. The monoisotopic (exact) mass is 420 g/mol. The van der Waals surface area contributed by atoms with E-state index >= 15 is 0 Å². The van der Waals surface area contributed by atoms with E-state index in [1.807, 2.05) is 50.2 Å². The van der Waals surface area contributed by atoms with Crippen LogP contribution in [0.15, 0.2) is 53.6 Å². The number of nitrogens with one attached hydrogen (secondary N) is 1. The first-order valence-corrected chi connectivity index (χ1v) is 10.0. The van der Waals surface area contributed by atoms with Gasteiger partial charge in [0.1, 0.15) is 16.9 Å². The molecule has 7 nitrogen and oxygen atoms in total. The number of para-hydroxylation sites is 2. The van der Waals surface area contributed by atoms with Gasteiger partial charge in [0.2, 0.25) is 0 Å². The predicted octanol–water partition coefficient (Wildman–Crippen LogP) is 4.23. The molecule has 3 N–H and O–H groups in total. The maximum atomic E-state index is 13.0. The maximum Gasteiger partial charge on any atom is 0.257 e. The molecule has 0 bridgehead atoms. The summed E-state index contributed by atoms with van der Waals surface area (Å²) in [6.45, 7) is 3.94. The molecule has 2 aromatic carbocycles. The normalized spacial score (nSPS) is 12.6. The fourth-order valence-electron chi connectivity index (χ4n) is 3.06. The van der Waals surface area contributed by atoms with Gasteiger partial charge in [-0.2, -0.15) is 9.78 Å². The third-order valence-corrected chi connectivity index (χ3v) is 5.14. The molecule has 0 saturated carbocycles. The Labute approximate surface area is 178 Å². The lowest BCUT2D eigenvalue weighted by Crippen LogP contribution is -2.32. The zero-order valence-electron chi connectivity index (χ0n) is 16.6. The van der Waals surface area contributed by atoms with Gasteiger partial charge in [0.25, 0.3) is 5.91 Å². The van der Waals surface area contributed by atoms with Gasteiger partial charge in [-0.3, -0.25) is 4.79 Å². The van der Waals surface area contributed by atoms with E-state index in [1.54, 1.807) is 18.3 Å². The minimum atomic E-state index is -0.295. The van der Waals surface area contributed by atoms with Gasteiger partial charge in [0.15, 0.2) is 5.65 Å². The summed E-state index contributed by atoms with van der Waals surface area (Å²) in [6.07, 6.45) is 2.44. The molecule has 1 atom stereocenters. The molecule has 0 fully saturated rings. The first-order chi connectivity index (χ1) is 14.5. The average Bonchev–Trinajstić information content (AvgIpc) is 3.01. The molecule has 30 heavy (non-hydrogen) atoms. The van der Waals surface area contributed by atoms with Crippen molar-refractivity contribution in [3.63, 3.8) is 0 Å². The van der Waals surface area contributed by atoms with E-state index < -0.39 is 0 Å². The second kappa shape index (κ2) is 8.12. The smallest absolute Gasteiger partial charge is 0.257 e. The van der Waals surface area contributed by atoms with Gasteiger partial charge < -0.3 is 11.1 Å². The van der Waals surface area contributed by atoms with Gasteiger partial charge in [-0.05, 0) is 43.2 Å². The van der Waals surface area contributed by atoms with Crippen LogP contribution in [0.1, 0.15) is 36.2 Å². The molecule has 0 aliphatic heterocycles. The molecule has 0 spiro atoms. The van der Waals surface area contributed by atoms with Crippen LogP contribution in [0, 0.1) is 0 Å². The molecular weight excluding hydrogens is 400 g/mol. The second-order valence-electron chi connectivity index (χ2n) is 7.04. The summed E-state index contributed by atoms with van der Waals surface area (Å²) in [5, 5.41) is 8.08. The Morgan fingerprint density at radius 3 is 2.53 bits per heavy atom. The van der Waals surface area contributed by atoms with Crippen LogP contribution in [0.25, 0.3) is 22.2 Å². The number of fused-ring (bicyclic) bond motifs is 2. The molecule has 0 aliphatic carbocycles. The summed E-state index contributed by atoms with van der Waals surface area (Å²) in [6, 6.07) is 14.7. The van der Waals surface area contributed by atoms with E-state index in [4.69, 9.17) is 17.3 Å². The molecular formula is C22H21ClN6O. The molecule has 8 heteroatoms. The van der Waals surface area contributed by atoms with Crippen LogP contribution in [0.2, 0.25) is 5.02 Å². The maximum absolute atomic E-state index is 13.0. The van der Waals surface area contributed by atoms with E-state index in [-0.39, 0.29) is 23.3 Å². The number of halogens is 1. The largest absolute Gasteiger partial charge is 0.383 e. The summed E-state index contributed by atoms with van der Waals surface area (Å²) in [7, 11) is 0. The Balaban J connectivity index is 1.89. The quantitative estimate of drug-likeness (QED) is 0.472. The number of amides is 1. The number of hydrogen-bond acceptors (Lipinski definition) is 5. The average molecular weight is 421 g/mol. The number of carbonyl (C=O) groups excluding carboxylic acids is 1. The van der Waals surface area contributed by atoms with Crippen LogP contribution in [0.4, 0.5) is 5.82 Å². The number of nitrogens with zero attached hydrogens (tertiary/aromatic N) is 4. The molecule has 0 aliphatic rings. The number of aromatic nitrogens is 3. The van der Waals surface area contributed by atoms with Crippen LogP contribution < -0.4 is 11.1 Å². The van der Waals surface area contributed by atoms with Crippen molar-refractivity contribution in [3.05, 3.63) is 64.7 Å². The van der Waals surface area contributed by atoms with E-state index in [0.29, 0.717) is 27.2 Å². The molecule has 152 valence electrons. The number of rotatable bonds is 5. The molecule has 1 unspecified atom stereocenters. The van der Waals surface area contributed by atoms with Gasteiger partial charge in [-0.1, -0.05) is 42.8 Å². The third-order valence-electron chi connectivity index (χ3n) is 4.88. The minimum absolute atomic E-state index is 0.00119. The van der Waals surface area contributed by atoms with Crippen molar-refractivity contribution in [2.45, 2.75) is 26.3 Å². The van der Waals surface area contributed by atoms with Crippen LogP contribution in [-0.2, 0) is 0 Å². The second-order valence-corrected chi connectivity index (χ2v) is 7.47. The van der Waals surface area contributed by atoms with Gasteiger partial charge in [-0.15, -0.1) is 0 Å². The van der Waals surface area contributed by atoms with Crippen molar-refractivity contribution in [1.82, 2.24) is 20.0 Å². The molecule has 4 aromatic rings. The molecule has 4 rings (SSSR count). The number of benzene rings is 2. The Morgan fingerprint density at radius 2 is 1.87 bits per heavy atom. The number of carbonyl (C=O) groups is 1. The summed E-state index contributed by atoms with van der Waals surface area (Å²) in [4.78, 5) is 22.3. The first kappa shape index (κ1) is 19.8. The Kier molecular flexibility index (Phi) is 5.37. The van der Waals surface area contributed by atoms with Gasteiger partial charge >= 0.3 is 0 Å². The van der Waals surface area contributed by atoms with Crippen molar-refractivity contribution in [2.75, 3.05) is 5.73 Å². The fourth-order valence-corrected chi connectivity index (χ4v) is 3.19. The van der Waals surface area contributed by atoms with Crippen molar-refractivity contribution < 1.29 is 4.79 Å². The van der Waals surface area contributed by atoms with Crippen molar-refractivity contribution >= 4 is 51.7 Å². The number of nitrogens with two attached hydrogens (primary N) is 1. The molecule has 0 radical (unpaired) electrons. The summed E-state index contributed by atoms with van der Waals surface area (Å²) in [5.41, 5.74) is 9.70. The Bertz CT molecular complexity index is 1260. The molecule has 0 saturated heterocycles. The van der Waals surface area contributed by atoms with Gasteiger partial charge in [0, 0.05) is 11.1 Å². The van der Waals surface area contributed by atoms with Crippen LogP contribution in [0.5, 0.6) is 0 Å². The van der Waals surface area contributed by atoms with Crippen LogP contribution in [0.3, 0.4) is 0 Å². The summed E-state index contributed by atoms with van der Waals surface area (Å²) < 4.78 is 1.45. The van der Waals surface area contributed by atoms with E-state index in [0.717, 1.165) is 12.0 Å². The van der Waals surface area contributed by atoms with E-state index in [1.165, 1.54) is 4.68 Å². The predicted molar refractivity (Wildman–Crippen MR) is 121 cm³/mol. The van der Waals surface area contributed by atoms with Gasteiger partial charge in [-0.25, -0.2) is 9.97 Å². The first-order valence-electron chi connectivity index (χ1n) is 9.65. The van der Waals surface area contributed by atoms with Crippen molar-refractivity contribution in [1.29, 1.82) is 0 Å². The topological polar surface area (TPSA) is 98.2 Å². The summed E-state index contributed by atoms with van der Waals surface area (Å²) >= 11 is 5.95. The number of anilines is 1. The van der Waals surface area contributed by atoms with Crippen LogP contribution in [-0.4, -0.2) is 32.8 Å². The molecule has 2 aromatic heterocycles. The van der Waals surface area contributed by atoms with Crippen LogP contribution >= 0.6 is 11.6 Å². The molecule has 1 amide bonds. The lowest BCUT2D eigenvalue weighted by atomic mass is 10.2. The fraction of sp³-hybridized carbons (Fsp3) is 0.182. The lowest BCUT2D eigenvalue weighted by molar-refractivity contribution is 0.0941. The Hall–Kier alpha value is -3.45. The highest BCUT2D eigenvalue weighted by molar-refractivity contribution is 6.30. The van der Waals surface area contributed by atoms with Gasteiger partial charge in [0.05, 0.1) is 17.2 Å². The van der Waals surface area contributed by atoms with Crippen molar-refractivity contribution in [3.8, 4) is 0 Å². The van der Waals surface area contributed by atoms with E-state index in [2.05, 4.69) is 20.4 Å².